The fourth-order valence-corrected chi connectivity index (χ4v) is 3.21. The molecule has 0 saturated heterocycles. The van der Waals surface area contributed by atoms with Gasteiger partial charge in [-0.05, 0) is 34.7 Å². The second-order valence-corrected chi connectivity index (χ2v) is 6.57. The third-order valence-corrected chi connectivity index (χ3v) is 4.46. The van der Waals surface area contributed by atoms with E-state index in [2.05, 4.69) is 0 Å². The maximum Gasteiger partial charge on any atom is 0.310 e. The van der Waals surface area contributed by atoms with E-state index >= 15 is 0 Å². The van der Waals surface area contributed by atoms with Gasteiger partial charge in [-0.25, -0.2) is 0 Å². The molecule has 0 radical (unpaired) electrons. The van der Waals surface area contributed by atoms with Crippen molar-refractivity contribution in [3.05, 3.63) is 101 Å². The van der Waals surface area contributed by atoms with E-state index in [1.165, 1.54) is 0 Å². The Bertz CT molecular complexity index is 824. The van der Waals surface area contributed by atoms with E-state index in [9.17, 15) is 9.90 Å². The summed E-state index contributed by atoms with van der Waals surface area (Å²) in [5.41, 5.74) is 4.75. The van der Waals surface area contributed by atoms with Crippen molar-refractivity contribution in [1.82, 2.24) is 0 Å². The van der Waals surface area contributed by atoms with Crippen LogP contribution in [0.15, 0.2) is 72.8 Å². The Hall–Kier alpha value is -3.07. The lowest BCUT2D eigenvalue weighted by Crippen LogP contribution is -2.08. The predicted molar refractivity (Wildman–Crippen MR) is 107 cm³/mol. The standard InChI is InChI=1S/C24H24O3/c1-2-27-23(25)17-20-15-21(13-18-9-5-3-6-10-18)24(26)22(16-20)14-19-11-7-4-8-12-19/h3-12,15-16,26H,2,13-14,17H2,1H3. The maximum absolute atomic E-state index is 12.0. The van der Waals surface area contributed by atoms with Crippen LogP contribution in [0.2, 0.25) is 0 Å². The van der Waals surface area contributed by atoms with Gasteiger partial charge in [-0.1, -0.05) is 72.8 Å². The predicted octanol–water partition coefficient (Wildman–Crippen LogP) is 4.68. The Kier molecular flexibility index (Phi) is 6.26. The van der Waals surface area contributed by atoms with Gasteiger partial charge in [0.15, 0.2) is 0 Å². The molecule has 3 heteroatoms. The maximum atomic E-state index is 12.0. The highest BCUT2D eigenvalue weighted by Crippen LogP contribution is 2.29. The smallest absolute Gasteiger partial charge is 0.310 e. The summed E-state index contributed by atoms with van der Waals surface area (Å²) in [6.45, 7) is 2.17. The molecule has 0 saturated carbocycles. The van der Waals surface area contributed by atoms with Gasteiger partial charge >= 0.3 is 5.97 Å². The first-order valence-electron chi connectivity index (χ1n) is 9.23. The van der Waals surface area contributed by atoms with E-state index in [1.54, 1.807) is 6.92 Å². The number of carbonyl (C=O) groups excluding carboxylic acids is 1. The molecule has 0 aliphatic heterocycles. The Labute approximate surface area is 160 Å². The van der Waals surface area contributed by atoms with E-state index in [-0.39, 0.29) is 12.4 Å². The fourth-order valence-electron chi connectivity index (χ4n) is 3.21. The summed E-state index contributed by atoms with van der Waals surface area (Å²) < 4.78 is 5.09. The van der Waals surface area contributed by atoms with Gasteiger partial charge in [0.2, 0.25) is 0 Å². The van der Waals surface area contributed by atoms with Crippen LogP contribution < -0.4 is 0 Å². The lowest BCUT2D eigenvalue weighted by molar-refractivity contribution is -0.142. The molecule has 0 fully saturated rings. The third-order valence-electron chi connectivity index (χ3n) is 4.46. The average Bonchev–Trinajstić information content (AvgIpc) is 2.67. The zero-order valence-electron chi connectivity index (χ0n) is 15.5. The number of ether oxygens (including phenoxy) is 1. The number of hydrogen-bond donors (Lipinski definition) is 1. The largest absolute Gasteiger partial charge is 0.507 e. The molecule has 27 heavy (non-hydrogen) atoms. The summed E-state index contributed by atoms with van der Waals surface area (Å²) in [4.78, 5) is 12.0. The summed E-state index contributed by atoms with van der Waals surface area (Å²) in [5.74, 6) is 0.0508. The van der Waals surface area contributed by atoms with Gasteiger partial charge in [-0.15, -0.1) is 0 Å². The first kappa shape index (κ1) is 18.7. The molecular formula is C24H24O3. The summed E-state index contributed by atoms with van der Waals surface area (Å²) in [5, 5.41) is 10.9. The summed E-state index contributed by atoms with van der Waals surface area (Å²) in [7, 11) is 0. The molecule has 0 atom stereocenters. The number of hydrogen-bond acceptors (Lipinski definition) is 3. The van der Waals surface area contributed by atoms with Crippen LogP contribution in [-0.4, -0.2) is 17.7 Å². The van der Waals surface area contributed by atoms with E-state index in [0.29, 0.717) is 25.2 Å². The monoisotopic (exact) mass is 360 g/mol. The van der Waals surface area contributed by atoms with Crippen molar-refractivity contribution >= 4 is 5.97 Å². The molecule has 0 aliphatic carbocycles. The van der Waals surface area contributed by atoms with E-state index in [1.807, 2.05) is 72.8 Å². The molecule has 0 heterocycles. The quantitative estimate of drug-likeness (QED) is 0.622. The van der Waals surface area contributed by atoms with Gasteiger partial charge in [0.1, 0.15) is 5.75 Å². The number of esters is 1. The minimum Gasteiger partial charge on any atom is -0.507 e. The van der Waals surface area contributed by atoms with Crippen molar-refractivity contribution in [3.8, 4) is 5.75 Å². The fraction of sp³-hybridized carbons (Fsp3) is 0.208. The zero-order chi connectivity index (χ0) is 19.1. The summed E-state index contributed by atoms with van der Waals surface area (Å²) in [6, 6.07) is 23.9. The zero-order valence-corrected chi connectivity index (χ0v) is 15.5. The van der Waals surface area contributed by atoms with Gasteiger partial charge in [0.25, 0.3) is 0 Å². The molecule has 0 aliphatic rings. The molecule has 3 rings (SSSR count). The van der Waals surface area contributed by atoms with Crippen LogP contribution in [-0.2, 0) is 28.8 Å². The molecule has 0 aromatic heterocycles. The first-order valence-corrected chi connectivity index (χ1v) is 9.23. The molecular weight excluding hydrogens is 336 g/mol. The molecule has 1 N–H and O–H groups in total. The van der Waals surface area contributed by atoms with E-state index in [0.717, 1.165) is 27.8 Å². The summed E-state index contributed by atoms with van der Waals surface area (Å²) >= 11 is 0. The SMILES string of the molecule is CCOC(=O)Cc1cc(Cc2ccccc2)c(O)c(Cc2ccccc2)c1. The van der Waals surface area contributed by atoms with Crippen molar-refractivity contribution in [3.63, 3.8) is 0 Å². The van der Waals surface area contributed by atoms with Crippen LogP contribution in [0.25, 0.3) is 0 Å². The second-order valence-electron chi connectivity index (χ2n) is 6.57. The van der Waals surface area contributed by atoms with Crippen molar-refractivity contribution in [2.45, 2.75) is 26.2 Å². The van der Waals surface area contributed by atoms with Crippen molar-refractivity contribution in [1.29, 1.82) is 0 Å². The van der Waals surface area contributed by atoms with Crippen LogP contribution >= 0.6 is 0 Å². The van der Waals surface area contributed by atoms with Crippen LogP contribution in [0, 0.1) is 0 Å². The van der Waals surface area contributed by atoms with Crippen molar-refractivity contribution in [2.75, 3.05) is 6.61 Å². The molecule has 3 nitrogen and oxygen atoms in total. The molecule has 0 bridgehead atoms. The van der Waals surface area contributed by atoms with Crippen molar-refractivity contribution in [2.24, 2.45) is 0 Å². The van der Waals surface area contributed by atoms with Gasteiger partial charge in [0.05, 0.1) is 13.0 Å². The number of rotatable bonds is 7. The molecule has 3 aromatic rings. The van der Waals surface area contributed by atoms with Gasteiger partial charge in [-0.3, -0.25) is 4.79 Å². The second kappa shape index (κ2) is 9.04. The van der Waals surface area contributed by atoms with E-state index < -0.39 is 0 Å². The Morgan fingerprint density at radius 1 is 0.815 bits per heavy atom. The first-order chi connectivity index (χ1) is 13.2. The van der Waals surface area contributed by atoms with Crippen LogP contribution in [0.4, 0.5) is 0 Å². The molecule has 0 unspecified atom stereocenters. The van der Waals surface area contributed by atoms with Crippen LogP contribution in [0.5, 0.6) is 5.75 Å². The number of phenols is 1. The Balaban J connectivity index is 1.94. The normalized spacial score (nSPS) is 10.6. The minimum absolute atomic E-state index is 0.206. The lowest BCUT2D eigenvalue weighted by atomic mass is 9.94. The van der Waals surface area contributed by atoms with Crippen molar-refractivity contribution < 1.29 is 14.6 Å². The topological polar surface area (TPSA) is 46.5 Å². The van der Waals surface area contributed by atoms with Crippen LogP contribution in [0.3, 0.4) is 0 Å². The van der Waals surface area contributed by atoms with Gasteiger partial charge in [-0.2, -0.15) is 0 Å². The van der Waals surface area contributed by atoms with Gasteiger partial charge in [0, 0.05) is 12.8 Å². The Morgan fingerprint density at radius 3 is 1.74 bits per heavy atom. The Morgan fingerprint density at radius 2 is 1.30 bits per heavy atom. The highest BCUT2D eigenvalue weighted by molar-refractivity contribution is 5.73. The molecule has 138 valence electrons. The summed E-state index contributed by atoms with van der Waals surface area (Å²) in [6.07, 6.45) is 1.44. The third kappa shape index (κ3) is 5.20. The number of carbonyl (C=O) groups is 1. The average molecular weight is 360 g/mol. The number of phenolic OH excluding ortho intramolecular Hbond substituents is 1. The van der Waals surface area contributed by atoms with E-state index in [4.69, 9.17) is 4.74 Å². The minimum atomic E-state index is -0.250. The van der Waals surface area contributed by atoms with Crippen LogP contribution in [0.1, 0.15) is 34.7 Å². The number of benzene rings is 3. The highest BCUT2D eigenvalue weighted by atomic mass is 16.5. The molecule has 0 spiro atoms. The lowest BCUT2D eigenvalue weighted by Gasteiger charge is -2.14. The van der Waals surface area contributed by atoms with Gasteiger partial charge < -0.3 is 9.84 Å². The highest BCUT2D eigenvalue weighted by Gasteiger charge is 2.14. The number of aromatic hydroxyl groups is 1. The molecule has 3 aromatic carbocycles. The molecule has 0 amide bonds.